The summed E-state index contributed by atoms with van der Waals surface area (Å²) in [6.07, 6.45) is 5.11. The van der Waals surface area contributed by atoms with E-state index in [2.05, 4.69) is 14.6 Å². The van der Waals surface area contributed by atoms with Crippen molar-refractivity contribution >= 4 is 17.3 Å². The standard InChI is InChI=1S/C15H17N3O4/c1-22-15(21)12-13(19)14(20)18-9-10(5-6-11(18)16-12)17-7-3-2-4-8-17/h5-6,9,19H,2-4,7-8H2,1H3. The molecule has 3 heterocycles. The van der Waals surface area contributed by atoms with Crippen LogP contribution in [-0.2, 0) is 4.74 Å². The Bertz CT molecular complexity index is 778. The fraction of sp³-hybridized carbons (Fsp3) is 0.400. The molecule has 2 aromatic rings. The van der Waals surface area contributed by atoms with Gasteiger partial charge in [-0.3, -0.25) is 9.20 Å². The van der Waals surface area contributed by atoms with Crippen molar-refractivity contribution in [2.45, 2.75) is 19.3 Å². The highest BCUT2D eigenvalue weighted by Gasteiger charge is 2.20. The number of nitrogens with zero attached hydrogens (tertiary/aromatic N) is 3. The van der Waals surface area contributed by atoms with Crippen LogP contribution in [0, 0.1) is 0 Å². The van der Waals surface area contributed by atoms with E-state index in [1.165, 1.54) is 17.9 Å². The molecule has 0 saturated carbocycles. The van der Waals surface area contributed by atoms with Gasteiger partial charge in [0, 0.05) is 19.3 Å². The molecule has 7 heteroatoms. The Kier molecular flexibility index (Phi) is 3.70. The van der Waals surface area contributed by atoms with E-state index in [0.29, 0.717) is 5.65 Å². The first-order valence-corrected chi connectivity index (χ1v) is 7.20. The largest absolute Gasteiger partial charge is 0.501 e. The molecule has 0 aliphatic carbocycles. The molecule has 0 spiro atoms. The number of carbonyl (C=O) groups is 1. The number of methoxy groups -OCH3 is 1. The topological polar surface area (TPSA) is 84.1 Å². The molecule has 1 saturated heterocycles. The van der Waals surface area contributed by atoms with Gasteiger partial charge in [0.15, 0.2) is 5.69 Å². The summed E-state index contributed by atoms with van der Waals surface area (Å²) in [4.78, 5) is 30.0. The van der Waals surface area contributed by atoms with E-state index in [0.717, 1.165) is 31.6 Å². The minimum absolute atomic E-state index is 0.295. The molecule has 116 valence electrons. The normalized spacial score (nSPS) is 15.0. The van der Waals surface area contributed by atoms with Crippen molar-refractivity contribution < 1.29 is 14.6 Å². The highest BCUT2D eigenvalue weighted by atomic mass is 16.5. The smallest absolute Gasteiger partial charge is 0.360 e. The number of carbonyl (C=O) groups excluding carboxylic acids is 1. The second-order valence-electron chi connectivity index (χ2n) is 5.27. The van der Waals surface area contributed by atoms with Crippen molar-refractivity contribution in [1.29, 1.82) is 0 Å². The highest BCUT2D eigenvalue weighted by Crippen LogP contribution is 2.20. The summed E-state index contributed by atoms with van der Waals surface area (Å²) < 4.78 is 5.78. The number of hydrogen-bond donors (Lipinski definition) is 1. The number of ether oxygens (including phenoxy) is 1. The van der Waals surface area contributed by atoms with Gasteiger partial charge in [-0.25, -0.2) is 9.78 Å². The van der Waals surface area contributed by atoms with Gasteiger partial charge < -0.3 is 14.7 Å². The van der Waals surface area contributed by atoms with Gasteiger partial charge in [0.25, 0.3) is 0 Å². The maximum absolute atomic E-state index is 12.3. The van der Waals surface area contributed by atoms with Crippen LogP contribution in [0.15, 0.2) is 23.1 Å². The third-order valence-electron chi connectivity index (χ3n) is 3.88. The number of aromatic nitrogens is 2. The molecule has 1 aliphatic heterocycles. The van der Waals surface area contributed by atoms with Gasteiger partial charge >= 0.3 is 11.5 Å². The predicted octanol–water partition coefficient (Wildman–Crippen LogP) is 1.18. The van der Waals surface area contributed by atoms with Crippen molar-refractivity contribution in [3.63, 3.8) is 0 Å². The molecular weight excluding hydrogens is 286 g/mol. The summed E-state index contributed by atoms with van der Waals surface area (Å²) >= 11 is 0. The second-order valence-corrected chi connectivity index (χ2v) is 5.27. The molecule has 0 amide bonds. The minimum atomic E-state index is -0.836. The fourth-order valence-corrected chi connectivity index (χ4v) is 2.70. The molecule has 1 aliphatic rings. The van der Waals surface area contributed by atoms with Crippen molar-refractivity contribution in [2.75, 3.05) is 25.1 Å². The number of pyridine rings is 1. The van der Waals surface area contributed by atoms with Gasteiger partial charge in [-0.05, 0) is 31.4 Å². The van der Waals surface area contributed by atoms with Crippen molar-refractivity contribution in [1.82, 2.24) is 9.38 Å². The summed E-state index contributed by atoms with van der Waals surface area (Å²) in [5, 5.41) is 9.89. The Balaban J connectivity index is 2.11. The number of rotatable bonds is 2. The van der Waals surface area contributed by atoms with E-state index < -0.39 is 17.3 Å². The van der Waals surface area contributed by atoms with E-state index in [1.807, 2.05) is 6.07 Å². The van der Waals surface area contributed by atoms with Crippen molar-refractivity contribution in [3.8, 4) is 5.75 Å². The predicted molar refractivity (Wildman–Crippen MR) is 80.5 cm³/mol. The zero-order valence-corrected chi connectivity index (χ0v) is 12.3. The molecule has 0 bridgehead atoms. The van der Waals surface area contributed by atoms with Crippen LogP contribution >= 0.6 is 0 Å². The summed E-state index contributed by atoms with van der Waals surface area (Å²) in [6.45, 7) is 1.89. The average molecular weight is 303 g/mol. The molecule has 3 rings (SSSR count). The van der Waals surface area contributed by atoms with E-state index >= 15 is 0 Å². The van der Waals surface area contributed by atoms with Crippen molar-refractivity contribution in [2.24, 2.45) is 0 Å². The lowest BCUT2D eigenvalue weighted by atomic mass is 10.1. The Hall–Kier alpha value is -2.57. The maximum atomic E-state index is 12.3. The van der Waals surface area contributed by atoms with E-state index in [4.69, 9.17) is 0 Å². The minimum Gasteiger partial charge on any atom is -0.501 e. The molecule has 1 fully saturated rings. The molecule has 0 radical (unpaired) electrons. The Morgan fingerprint density at radius 1 is 1.27 bits per heavy atom. The Morgan fingerprint density at radius 2 is 2.00 bits per heavy atom. The average Bonchev–Trinajstić information content (AvgIpc) is 2.58. The van der Waals surface area contributed by atoms with Crippen LogP contribution in [0.5, 0.6) is 5.75 Å². The summed E-state index contributed by atoms with van der Waals surface area (Å²) in [5.74, 6) is -1.53. The van der Waals surface area contributed by atoms with Crippen LogP contribution in [-0.4, -0.2) is 40.7 Å². The van der Waals surface area contributed by atoms with E-state index in [-0.39, 0.29) is 5.69 Å². The summed E-state index contributed by atoms with van der Waals surface area (Å²) in [6, 6.07) is 3.53. The van der Waals surface area contributed by atoms with Gasteiger partial charge in [-0.1, -0.05) is 0 Å². The monoisotopic (exact) mass is 303 g/mol. The van der Waals surface area contributed by atoms with Gasteiger partial charge in [-0.2, -0.15) is 0 Å². The SMILES string of the molecule is COC(=O)c1nc2ccc(N3CCCCC3)cn2c(=O)c1O. The first-order valence-electron chi connectivity index (χ1n) is 7.20. The van der Waals surface area contributed by atoms with E-state index in [1.54, 1.807) is 12.3 Å². The third-order valence-corrected chi connectivity index (χ3v) is 3.88. The molecule has 2 aromatic heterocycles. The lowest BCUT2D eigenvalue weighted by Gasteiger charge is -2.28. The van der Waals surface area contributed by atoms with Gasteiger partial charge in [0.1, 0.15) is 5.65 Å². The first-order chi connectivity index (χ1) is 10.6. The molecular formula is C15H17N3O4. The summed E-state index contributed by atoms with van der Waals surface area (Å²) in [5.41, 5.74) is 0.160. The third kappa shape index (κ3) is 2.38. The number of piperidine rings is 1. The number of fused-ring (bicyclic) bond motifs is 1. The number of aromatic hydroxyl groups is 1. The van der Waals surface area contributed by atoms with Gasteiger partial charge in [0.05, 0.1) is 12.8 Å². The zero-order chi connectivity index (χ0) is 15.7. The molecule has 0 atom stereocenters. The quantitative estimate of drug-likeness (QED) is 0.839. The lowest BCUT2D eigenvalue weighted by Crippen LogP contribution is -2.30. The first kappa shape index (κ1) is 14.4. The number of esters is 1. The van der Waals surface area contributed by atoms with Crippen LogP contribution in [0.1, 0.15) is 29.8 Å². The molecule has 1 N–H and O–H groups in total. The molecule has 0 aromatic carbocycles. The summed E-state index contributed by atoms with van der Waals surface area (Å²) in [7, 11) is 1.17. The van der Waals surface area contributed by atoms with Crippen LogP contribution < -0.4 is 10.5 Å². The number of anilines is 1. The maximum Gasteiger partial charge on any atom is 0.360 e. The van der Waals surface area contributed by atoms with Crippen LogP contribution in [0.25, 0.3) is 5.65 Å². The van der Waals surface area contributed by atoms with Crippen molar-refractivity contribution in [3.05, 3.63) is 34.4 Å². The Morgan fingerprint density at radius 3 is 2.68 bits per heavy atom. The molecule has 0 unspecified atom stereocenters. The molecule has 22 heavy (non-hydrogen) atoms. The Labute approximate surface area is 126 Å². The van der Waals surface area contributed by atoms with Gasteiger partial charge in [0.2, 0.25) is 5.75 Å². The fourth-order valence-electron chi connectivity index (χ4n) is 2.70. The second kappa shape index (κ2) is 5.67. The van der Waals surface area contributed by atoms with E-state index in [9.17, 15) is 14.7 Å². The zero-order valence-electron chi connectivity index (χ0n) is 12.3. The van der Waals surface area contributed by atoms with Crippen LogP contribution in [0.2, 0.25) is 0 Å². The number of hydrogen-bond acceptors (Lipinski definition) is 6. The van der Waals surface area contributed by atoms with Crippen LogP contribution in [0.3, 0.4) is 0 Å². The lowest BCUT2D eigenvalue weighted by molar-refractivity contribution is 0.0590. The highest BCUT2D eigenvalue weighted by molar-refractivity contribution is 5.90. The van der Waals surface area contributed by atoms with Crippen LogP contribution in [0.4, 0.5) is 5.69 Å². The van der Waals surface area contributed by atoms with Gasteiger partial charge in [-0.15, -0.1) is 0 Å². The molecule has 7 nitrogen and oxygen atoms in total.